The Morgan fingerprint density at radius 1 is 1.25 bits per heavy atom. The molecule has 4 heteroatoms. The first kappa shape index (κ1) is 15.3. The summed E-state index contributed by atoms with van der Waals surface area (Å²) >= 11 is 0. The predicted octanol–water partition coefficient (Wildman–Crippen LogP) is 3.27. The fraction of sp³-hybridized carbons (Fsp3) is 0.625. The van der Waals surface area contributed by atoms with E-state index in [4.69, 9.17) is 9.47 Å². The fourth-order valence-electron chi connectivity index (χ4n) is 2.70. The second-order valence-corrected chi connectivity index (χ2v) is 5.30. The average molecular weight is 281 g/mol. The Bertz CT molecular complexity index is 417. The van der Waals surface area contributed by atoms with Gasteiger partial charge in [0.1, 0.15) is 11.6 Å². The van der Waals surface area contributed by atoms with Crippen LogP contribution in [0.1, 0.15) is 38.2 Å². The van der Waals surface area contributed by atoms with E-state index >= 15 is 0 Å². The van der Waals surface area contributed by atoms with E-state index in [1.807, 2.05) is 0 Å². The van der Waals surface area contributed by atoms with Crippen LogP contribution in [0.2, 0.25) is 0 Å². The summed E-state index contributed by atoms with van der Waals surface area (Å²) in [6.07, 6.45) is 4.64. The highest BCUT2D eigenvalue weighted by atomic mass is 19.1. The van der Waals surface area contributed by atoms with Crippen molar-refractivity contribution in [1.82, 2.24) is 5.32 Å². The summed E-state index contributed by atoms with van der Waals surface area (Å²) in [5.74, 6) is 0.281. The lowest BCUT2D eigenvalue weighted by atomic mass is 9.93. The van der Waals surface area contributed by atoms with Crippen LogP contribution in [-0.4, -0.2) is 25.8 Å². The summed E-state index contributed by atoms with van der Waals surface area (Å²) in [6, 6.07) is 5.53. The van der Waals surface area contributed by atoms with Crippen molar-refractivity contribution in [2.75, 3.05) is 13.7 Å². The second-order valence-electron chi connectivity index (χ2n) is 5.30. The van der Waals surface area contributed by atoms with E-state index < -0.39 is 0 Å². The van der Waals surface area contributed by atoms with Gasteiger partial charge in [-0.05, 0) is 38.3 Å². The number of ether oxygens (including phenoxy) is 2. The number of nitrogens with one attached hydrogen (secondary N) is 1. The van der Waals surface area contributed by atoms with E-state index in [1.165, 1.54) is 13.2 Å². The number of rotatable bonds is 6. The molecule has 0 amide bonds. The Morgan fingerprint density at radius 2 is 2.00 bits per heavy atom. The third-order valence-electron chi connectivity index (χ3n) is 3.90. The number of methoxy groups -OCH3 is 1. The number of hydrogen-bond acceptors (Lipinski definition) is 3. The minimum absolute atomic E-state index is 0.256. The molecule has 1 aliphatic rings. The molecule has 0 aliphatic heterocycles. The average Bonchev–Trinajstić information content (AvgIpc) is 2.48. The zero-order valence-corrected chi connectivity index (χ0v) is 12.3. The van der Waals surface area contributed by atoms with Gasteiger partial charge in [0.05, 0.1) is 19.8 Å². The molecule has 0 saturated heterocycles. The summed E-state index contributed by atoms with van der Waals surface area (Å²) in [4.78, 5) is 0. The SMILES string of the molecule is CCNC1CCC(OCc2ccc(OC)cc2F)CC1. The molecule has 1 fully saturated rings. The van der Waals surface area contributed by atoms with Crippen LogP contribution in [0.3, 0.4) is 0 Å². The zero-order valence-electron chi connectivity index (χ0n) is 12.3. The summed E-state index contributed by atoms with van der Waals surface area (Å²) in [6.45, 7) is 3.49. The molecular weight excluding hydrogens is 257 g/mol. The first-order valence-electron chi connectivity index (χ1n) is 7.40. The molecule has 0 unspecified atom stereocenters. The minimum atomic E-state index is -0.259. The van der Waals surface area contributed by atoms with Crippen LogP contribution < -0.4 is 10.1 Å². The van der Waals surface area contributed by atoms with Gasteiger partial charge in [0.15, 0.2) is 0 Å². The van der Waals surface area contributed by atoms with Gasteiger partial charge in [0, 0.05) is 17.7 Å². The van der Waals surface area contributed by atoms with E-state index in [1.54, 1.807) is 12.1 Å². The van der Waals surface area contributed by atoms with Crippen molar-refractivity contribution in [1.29, 1.82) is 0 Å². The van der Waals surface area contributed by atoms with Crippen LogP contribution in [0.4, 0.5) is 4.39 Å². The monoisotopic (exact) mass is 281 g/mol. The van der Waals surface area contributed by atoms with E-state index in [-0.39, 0.29) is 11.9 Å². The molecule has 20 heavy (non-hydrogen) atoms. The van der Waals surface area contributed by atoms with Gasteiger partial charge in [0.25, 0.3) is 0 Å². The van der Waals surface area contributed by atoms with Crippen molar-refractivity contribution >= 4 is 0 Å². The number of halogens is 1. The Morgan fingerprint density at radius 3 is 2.60 bits per heavy atom. The fourth-order valence-corrected chi connectivity index (χ4v) is 2.70. The van der Waals surface area contributed by atoms with Gasteiger partial charge in [-0.2, -0.15) is 0 Å². The van der Waals surface area contributed by atoms with Gasteiger partial charge in [-0.15, -0.1) is 0 Å². The first-order chi connectivity index (χ1) is 9.72. The summed E-state index contributed by atoms with van der Waals surface area (Å²) < 4.78 is 24.6. The Labute approximate surface area is 120 Å². The molecule has 0 bridgehead atoms. The normalized spacial score (nSPS) is 22.8. The lowest BCUT2D eigenvalue weighted by Crippen LogP contribution is -2.35. The molecule has 0 atom stereocenters. The molecule has 1 aliphatic carbocycles. The largest absolute Gasteiger partial charge is 0.497 e. The van der Waals surface area contributed by atoms with Gasteiger partial charge >= 0.3 is 0 Å². The van der Waals surface area contributed by atoms with Crippen LogP contribution in [0.25, 0.3) is 0 Å². The molecule has 3 nitrogen and oxygen atoms in total. The van der Waals surface area contributed by atoms with Crippen molar-refractivity contribution in [3.8, 4) is 5.75 Å². The third-order valence-corrected chi connectivity index (χ3v) is 3.90. The summed E-state index contributed by atoms with van der Waals surface area (Å²) in [5.41, 5.74) is 0.597. The minimum Gasteiger partial charge on any atom is -0.497 e. The second kappa shape index (κ2) is 7.60. The Hall–Kier alpha value is -1.13. The van der Waals surface area contributed by atoms with Crippen molar-refractivity contribution in [2.24, 2.45) is 0 Å². The number of benzene rings is 1. The van der Waals surface area contributed by atoms with E-state index in [0.29, 0.717) is 24.0 Å². The number of hydrogen-bond donors (Lipinski definition) is 1. The highest BCUT2D eigenvalue weighted by Gasteiger charge is 2.21. The van der Waals surface area contributed by atoms with Crippen molar-refractivity contribution in [3.05, 3.63) is 29.6 Å². The molecule has 1 saturated carbocycles. The highest BCUT2D eigenvalue weighted by molar-refractivity contribution is 5.28. The molecule has 0 heterocycles. The smallest absolute Gasteiger partial charge is 0.132 e. The first-order valence-corrected chi connectivity index (χ1v) is 7.40. The topological polar surface area (TPSA) is 30.5 Å². The lowest BCUT2D eigenvalue weighted by Gasteiger charge is -2.29. The Balaban J connectivity index is 1.78. The van der Waals surface area contributed by atoms with Crippen LogP contribution >= 0.6 is 0 Å². The van der Waals surface area contributed by atoms with Gasteiger partial charge in [0.2, 0.25) is 0 Å². The van der Waals surface area contributed by atoms with Crippen LogP contribution in [0, 0.1) is 5.82 Å². The van der Waals surface area contributed by atoms with E-state index in [9.17, 15) is 4.39 Å². The van der Waals surface area contributed by atoms with Gasteiger partial charge in [-0.25, -0.2) is 4.39 Å². The molecule has 2 rings (SSSR count). The maximum atomic E-state index is 13.8. The quantitative estimate of drug-likeness (QED) is 0.868. The molecule has 0 radical (unpaired) electrons. The highest BCUT2D eigenvalue weighted by Crippen LogP contribution is 2.23. The van der Waals surface area contributed by atoms with Crippen LogP contribution in [0.5, 0.6) is 5.75 Å². The lowest BCUT2D eigenvalue weighted by molar-refractivity contribution is 0.0102. The van der Waals surface area contributed by atoms with Gasteiger partial charge in [-0.1, -0.05) is 13.0 Å². The molecule has 1 aromatic rings. The molecule has 1 aromatic carbocycles. The van der Waals surface area contributed by atoms with Gasteiger partial charge < -0.3 is 14.8 Å². The van der Waals surface area contributed by atoms with Crippen LogP contribution in [-0.2, 0) is 11.3 Å². The summed E-state index contributed by atoms with van der Waals surface area (Å²) in [7, 11) is 1.54. The van der Waals surface area contributed by atoms with E-state index in [0.717, 1.165) is 32.2 Å². The Kier molecular flexibility index (Phi) is 5.80. The van der Waals surface area contributed by atoms with Crippen LogP contribution in [0.15, 0.2) is 18.2 Å². The van der Waals surface area contributed by atoms with Crippen molar-refractivity contribution < 1.29 is 13.9 Å². The maximum absolute atomic E-state index is 13.8. The van der Waals surface area contributed by atoms with Gasteiger partial charge in [-0.3, -0.25) is 0 Å². The maximum Gasteiger partial charge on any atom is 0.132 e. The summed E-state index contributed by atoms with van der Waals surface area (Å²) in [5, 5.41) is 3.47. The van der Waals surface area contributed by atoms with Crippen molar-refractivity contribution in [3.63, 3.8) is 0 Å². The molecule has 112 valence electrons. The zero-order chi connectivity index (χ0) is 14.4. The standard InChI is InChI=1S/C16H24FNO2/c1-3-18-13-5-8-14(9-6-13)20-11-12-4-7-15(19-2)10-16(12)17/h4,7,10,13-14,18H,3,5-6,8-9,11H2,1-2H3. The molecule has 0 aromatic heterocycles. The van der Waals surface area contributed by atoms with E-state index in [2.05, 4.69) is 12.2 Å². The van der Waals surface area contributed by atoms with Crippen molar-refractivity contribution in [2.45, 2.75) is 51.4 Å². The third kappa shape index (κ3) is 4.18. The molecule has 0 spiro atoms. The molecule has 1 N–H and O–H groups in total. The molecular formula is C16H24FNO2. The predicted molar refractivity (Wildman–Crippen MR) is 77.5 cm³/mol.